The lowest BCUT2D eigenvalue weighted by Gasteiger charge is -2.08. The van der Waals surface area contributed by atoms with Gasteiger partial charge in [0.25, 0.3) is 0 Å². The van der Waals surface area contributed by atoms with Crippen molar-refractivity contribution in [1.82, 2.24) is 0 Å². The van der Waals surface area contributed by atoms with E-state index >= 15 is 0 Å². The molecule has 4 heteroatoms. The van der Waals surface area contributed by atoms with E-state index in [1.54, 1.807) is 0 Å². The minimum absolute atomic E-state index is 0.595. The molecular weight excluding hydrogens is 139 g/mol. The summed E-state index contributed by atoms with van der Waals surface area (Å²) in [4.78, 5) is 0. The van der Waals surface area contributed by atoms with Crippen LogP contribution < -0.4 is 0 Å². The molecule has 1 aliphatic heterocycles. The van der Waals surface area contributed by atoms with Gasteiger partial charge < -0.3 is 9.05 Å². The van der Waals surface area contributed by atoms with Crippen molar-refractivity contribution in [3.05, 3.63) is 0 Å². The molecule has 0 unspecified atom stereocenters. The normalized spacial score (nSPS) is 24.9. The number of hydrogen-bond acceptors (Lipinski definition) is 3. The summed E-state index contributed by atoms with van der Waals surface area (Å²) < 4.78 is 20.2. The van der Waals surface area contributed by atoms with E-state index in [1.807, 2.05) is 0 Å². The molecule has 0 bridgehead atoms. The molecule has 1 fully saturated rings. The summed E-state index contributed by atoms with van der Waals surface area (Å²) in [6.07, 6.45) is 3.15. The third kappa shape index (κ3) is 2.99. The van der Waals surface area contributed by atoms with Crippen molar-refractivity contribution in [2.24, 2.45) is 0 Å². The summed E-state index contributed by atoms with van der Waals surface area (Å²) in [5.41, 5.74) is 0. The molecule has 3 nitrogen and oxygen atoms in total. The lowest BCUT2D eigenvalue weighted by atomic mass is 10.2. The summed E-state index contributed by atoms with van der Waals surface area (Å²) in [7, 11) is -2.10. The molecule has 0 saturated carbocycles. The fourth-order valence-corrected chi connectivity index (χ4v) is 1.44. The molecule has 1 aliphatic rings. The van der Waals surface area contributed by atoms with Crippen molar-refractivity contribution >= 4 is 8.25 Å². The summed E-state index contributed by atoms with van der Waals surface area (Å²) in [6.45, 7) is 1.19. The van der Waals surface area contributed by atoms with Crippen LogP contribution >= 0.6 is 8.25 Å². The number of hydrogen-bond donors (Lipinski definition) is 0. The SMILES string of the molecule is O=[PH]1OCCCCCO1. The Balaban J connectivity index is 2.20. The smallest absolute Gasteiger partial charge is 0.311 e. The second kappa shape index (κ2) is 4.04. The van der Waals surface area contributed by atoms with Crippen molar-refractivity contribution in [2.75, 3.05) is 13.2 Å². The van der Waals surface area contributed by atoms with E-state index in [4.69, 9.17) is 9.05 Å². The maximum Gasteiger partial charge on any atom is 0.319 e. The highest BCUT2D eigenvalue weighted by atomic mass is 31.1. The second-order valence-corrected chi connectivity index (χ2v) is 3.08. The summed E-state index contributed by atoms with van der Waals surface area (Å²) in [5, 5.41) is 0. The zero-order valence-electron chi connectivity index (χ0n) is 5.26. The maximum atomic E-state index is 10.6. The van der Waals surface area contributed by atoms with E-state index in [0.717, 1.165) is 19.3 Å². The quantitative estimate of drug-likeness (QED) is 0.492. The molecule has 0 aliphatic carbocycles. The predicted octanol–water partition coefficient (Wildman–Crippen LogP) is 1.59. The second-order valence-electron chi connectivity index (χ2n) is 2.01. The highest BCUT2D eigenvalue weighted by Crippen LogP contribution is 2.26. The van der Waals surface area contributed by atoms with Crippen molar-refractivity contribution in [2.45, 2.75) is 19.3 Å². The van der Waals surface area contributed by atoms with Crippen molar-refractivity contribution < 1.29 is 13.6 Å². The van der Waals surface area contributed by atoms with Crippen molar-refractivity contribution in [1.29, 1.82) is 0 Å². The lowest BCUT2D eigenvalue weighted by molar-refractivity contribution is 0.198. The van der Waals surface area contributed by atoms with Gasteiger partial charge >= 0.3 is 8.25 Å². The van der Waals surface area contributed by atoms with Crippen LogP contribution in [0.5, 0.6) is 0 Å². The Morgan fingerprint density at radius 2 is 1.56 bits per heavy atom. The van der Waals surface area contributed by atoms with Crippen LogP contribution in [-0.4, -0.2) is 13.2 Å². The van der Waals surface area contributed by atoms with Crippen molar-refractivity contribution in [3.8, 4) is 0 Å². The zero-order chi connectivity index (χ0) is 6.53. The van der Waals surface area contributed by atoms with Crippen LogP contribution in [0.1, 0.15) is 19.3 Å². The van der Waals surface area contributed by atoms with Crippen LogP contribution in [0.2, 0.25) is 0 Å². The monoisotopic (exact) mass is 150 g/mol. The average Bonchev–Trinajstić information content (AvgIpc) is 1.79. The van der Waals surface area contributed by atoms with Crippen LogP contribution in [-0.2, 0) is 13.6 Å². The van der Waals surface area contributed by atoms with Gasteiger partial charge in [-0.25, -0.2) is 0 Å². The molecule has 0 radical (unpaired) electrons. The van der Waals surface area contributed by atoms with Gasteiger partial charge in [-0.2, -0.15) is 0 Å². The number of rotatable bonds is 0. The molecular formula is C5H11O3P. The van der Waals surface area contributed by atoms with Crippen LogP contribution in [0.4, 0.5) is 0 Å². The zero-order valence-corrected chi connectivity index (χ0v) is 6.26. The minimum Gasteiger partial charge on any atom is -0.311 e. The van der Waals surface area contributed by atoms with Gasteiger partial charge in [-0.15, -0.1) is 0 Å². The van der Waals surface area contributed by atoms with Gasteiger partial charge in [-0.3, -0.25) is 4.57 Å². The predicted molar refractivity (Wildman–Crippen MR) is 34.8 cm³/mol. The van der Waals surface area contributed by atoms with Gasteiger partial charge in [0.05, 0.1) is 13.2 Å². The Hall–Kier alpha value is 0.150. The van der Waals surface area contributed by atoms with Gasteiger partial charge in [-0.05, 0) is 19.3 Å². The Kier molecular flexibility index (Phi) is 3.26. The van der Waals surface area contributed by atoms with E-state index in [-0.39, 0.29) is 0 Å². The van der Waals surface area contributed by atoms with E-state index in [9.17, 15) is 4.57 Å². The Morgan fingerprint density at radius 1 is 1.00 bits per heavy atom. The first-order chi connectivity index (χ1) is 4.39. The van der Waals surface area contributed by atoms with Crippen LogP contribution in [0.15, 0.2) is 0 Å². The Bertz CT molecular complexity index is 94.4. The van der Waals surface area contributed by atoms with Crippen LogP contribution in [0.25, 0.3) is 0 Å². The van der Waals surface area contributed by atoms with Gasteiger partial charge in [0, 0.05) is 0 Å². The molecule has 9 heavy (non-hydrogen) atoms. The van der Waals surface area contributed by atoms with E-state index < -0.39 is 8.25 Å². The molecule has 54 valence electrons. The third-order valence-corrected chi connectivity index (χ3v) is 2.11. The molecule has 0 N–H and O–H groups in total. The van der Waals surface area contributed by atoms with E-state index in [0.29, 0.717) is 13.2 Å². The molecule has 0 spiro atoms. The topological polar surface area (TPSA) is 35.5 Å². The summed E-state index contributed by atoms with van der Waals surface area (Å²) in [6, 6.07) is 0. The molecule has 1 saturated heterocycles. The molecule has 0 aromatic rings. The van der Waals surface area contributed by atoms with Crippen LogP contribution in [0.3, 0.4) is 0 Å². The van der Waals surface area contributed by atoms with E-state index in [2.05, 4.69) is 0 Å². The maximum absolute atomic E-state index is 10.6. The fourth-order valence-electron chi connectivity index (χ4n) is 0.734. The minimum atomic E-state index is -2.10. The lowest BCUT2D eigenvalue weighted by Crippen LogP contribution is -1.96. The standard InChI is InChI=1S/C5H11O3P/c6-9-7-4-2-1-3-5-8-9/h9H,1-5H2. The molecule has 0 aromatic heterocycles. The summed E-state index contributed by atoms with van der Waals surface area (Å²) >= 11 is 0. The van der Waals surface area contributed by atoms with Gasteiger partial charge in [0.2, 0.25) is 0 Å². The first-order valence-corrected chi connectivity index (χ1v) is 4.41. The molecule has 0 atom stereocenters. The summed E-state index contributed by atoms with van der Waals surface area (Å²) in [5.74, 6) is 0. The third-order valence-electron chi connectivity index (χ3n) is 1.23. The van der Waals surface area contributed by atoms with Crippen molar-refractivity contribution in [3.63, 3.8) is 0 Å². The largest absolute Gasteiger partial charge is 0.319 e. The fraction of sp³-hybridized carbons (Fsp3) is 1.00. The molecule has 0 aromatic carbocycles. The van der Waals surface area contributed by atoms with Gasteiger partial charge in [-0.1, -0.05) is 0 Å². The first-order valence-electron chi connectivity index (χ1n) is 3.19. The first kappa shape index (κ1) is 7.26. The van der Waals surface area contributed by atoms with Gasteiger partial charge in [0.1, 0.15) is 0 Å². The highest BCUT2D eigenvalue weighted by Gasteiger charge is 2.02. The highest BCUT2D eigenvalue weighted by molar-refractivity contribution is 7.33. The molecule has 1 heterocycles. The molecule has 1 rings (SSSR count). The Morgan fingerprint density at radius 3 is 2.11 bits per heavy atom. The molecule has 0 amide bonds. The van der Waals surface area contributed by atoms with E-state index in [1.165, 1.54) is 0 Å². The Labute approximate surface area is 55.3 Å². The van der Waals surface area contributed by atoms with Gasteiger partial charge in [0.15, 0.2) is 0 Å². The van der Waals surface area contributed by atoms with Crippen LogP contribution in [0, 0.1) is 0 Å². The average molecular weight is 150 g/mol.